The third-order valence-electron chi connectivity index (χ3n) is 5.41. The molecule has 9 nitrogen and oxygen atoms in total. The van der Waals surface area contributed by atoms with Crippen LogP contribution in [0.3, 0.4) is 0 Å². The molecule has 2 aromatic heterocycles. The third kappa shape index (κ3) is 4.18. The number of aromatic nitrogens is 2. The van der Waals surface area contributed by atoms with Crippen LogP contribution >= 0.6 is 0 Å². The molecule has 4 N–H and O–H groups in total. The molecule has 0 saturated heterocycles. The first-order valence-corrected chi connectivity index (χ1v) is 11.5. The predicted molar refractivity (Wildman–Crippen MR) is 122 cm³/mol. The number of nitrogens with zero attached hydrogens (tertiary/aromatic N) is 2. The molecule has 2 aromatic carbocycles. The molecule has 170 valence electrons. The highest BCUT2D eigenvalue weighted by atomic mass is 32.2. The molecule has 0 atom stereocenters. The number of benzene rings is 2. The van der Waals surface area contributed by atoms with Crippen LogP contribution in [0.15, 0.2) is 50.5 Å². The highest BCUT2D eigenvalue weighted by Crippen LogP contribution is 2.33. The van der Waals surface area contributed by atoms with Gasteiger partial charge in [-0.1, -0.05) is 12.1 Å². The number of aromatic hydroxyl groups is 2. The van der Waals surface area contributed by atoms with Gasteiger partial charge in [-0.25, -0.2) is 13.6 Å². The molecule has 4 rings (SSSR count). The van der Waals surface area contributed by atoms with E-state index in [-0.39, 0.29) is 39.4 Å². The second-order valence-corrected chi connectivity index (χ2v) is 9.30. The number of aryl methyl sites for hydroxylation is 3. The van der Waals surface area contributed by atoms with Crippen LogP contribution in [0.5, 0.6) is 11.5 Å². The number of primary sulfonamides is 1. The summed E-state index contributed by atoms with van der Waals surface area (Å²) in [5.74, 6) is -0.474. The van der Waals surface area contributed by atoms with Gasteiger partial charge in [-0.05, 0) is 38.5 Å². The first kappa shape index (κ1) is 22.4. The van der Waals surface area contributed by atoms with Gasteiger partial charge in [0.15, 0.2) is 0 Å². The van der Waals surface area contributed by atoms with Crippen LogP contribution in [0.1, 0.15) is 28.5 Å². The van der Waals surface area contributed by atoms with Crippen molar-refractivity contribution in [3.05, 3.63) is 75.2 Å². The zero-order valence-electron chi connectivity index (χ0n) is 18.1. The molecule has 0 bridgehead atoms. The Labute approximate surface area is 189 Å². The molecule has 0 amide bonds. The van der Waals surface area contributed by atoms with E-state index in [2.05, 4.69) is 9.97 Å². The number of hydrogen-bond acceptors (Lipinski definition) is 8. The van der Waals surface area contributed by atoms with Crippen molar-refractivity contribution in [2.24, 2.45) is 5.14 Å². The lowest BCUT2D eigenvalue weighted by molar-refractivity contribution is 0.450. The highest BCUT2D eigenvalue weighted by molar-refractivity contribution is 7.89. The normalized spacial score (nSPS) is 11.8. The Bertz CT molecular complexity index is 1580. The fourth-order valence-electron chi connectivity index (χ4n) is 3.64. The van der Waals surface area contributed by atoms with Gasteiger partial charge >= 0.3 is 0 Å². The van der Waals surface area contributed by atoms with Crippen molar-refractivity contribution in [3.8, 4) is 22.6 Å². The van der Waals surface area contributed by atoms with E-state index in [0.29, 0.717) is 17.0 Å². The Morgan fingerprint density at radius 2 is 1.61 bits per heavy atom. The Hall–Kier alpha value is -3.76. The zero-order chi connectivity index (χ0) is 24.1. The van der Waals surface area contributed by atoms with Gasteiger partial charge in [-0.3, -0.25) is 14.8 Å². The number of fused-ring (bicyclic) bond motifs is 1. The first-order valence-electron chi connectivity index (χ1n) is 9.91. The maximum Gasteiger partial charge on any atom is 0.238 e. The topological polar surface area (TPSA) is 157 Å². The average molecular weight is 468 g/mol. The number of rotatable bonds is 4. The van der Waals surface area contributed by atoms with Crippen LogP contribution in [0.4, 0.5) is 0 Å². The monoisotopic (exact) mass is 467 g/mol. The van der Waals surface area contributed by atoms with E-state index in [1.54, 1.807) is 6.92 Å². The zero-order valence-corrected chi connectivity index (χ0v) is 18.9. The molecule has 4 aromatic rings. The summed E-state index contributed by atoms with van der Waals surface area (Å²) in [7, 11) is -3.92. The van der Waals surface area contributed by atoms with Crippen molar-refractivity contribution in [1.82, 2.24) is 9.97 Å². The van der Waals surface area contributed by atoms with Gasteiger partial charge in [0.2, 0.25) is 15.5 Å². The molecule has 0 unspecified atom stereocenters. The number of phenolic OH excluding ortho intramolecular Hbond substituents is 2. The summed E-state index contributed by atoms with van der Waals surface area (Å²) in [5, 5.41) is 25.3. The fourth-order valence-corrected chi connectivity index (χ4v) is 4.15. The van der Waals surface area contributed by atoms with Crippen molar-refractivity contribution >= 4 is 21.0 Å². The smallest absolute Gasteiger partial charge is 0.238 e. The Morgan fingerprint density at radius 1 is 0.970 bits per heavy atom. The molecule has 0 fully saturated rings. The van der Waals surface area contributed by atoms with Crippen LogP contribution in [-0.4, -0.2) is 28.6 Å². The van der Waals surface area contributed by atoms with Crippen molar-refractivity contribution in [3.63, 3.8) is 0 Å². The molecule has 0 aliphatic heterocycles. The van der Waals surface area contributed by atoms with E-state index < -0.39 is 21.2 Å². The molecule has 2 heterocycles. The van der Waals surface area contributed by atoms with Crippen LogP contribution < -0.4 is 10.6 Å². The van der Waals surface area contributed by atoms with Crippen LogP contribution in [-0.2, 0) is 16.4 Å². The second-order valence-electron chi connectivity index (χ2n) is 7.74. The maximum absolute atomic E-state index is 13.5. The third-order valence-corrected chi connectivity index (χ3v) is 6.34. The molecule has 0 aliphatic rings. The minimum absolute atomic E-state index is 0.00634. The summed E-state index contributed by atoms with van der Waals surface area (Å²) in [6, 6.07) is 7.75. The minimum Gasteiger partial charge on any atom is -0.508 e. The fraction of sp³-hybridized carbons (Fsp3) is 0.174. The number of hydrogen-bond donors (Lipinski definition) is 3. The summed E-state index contributed by atoms with van der Waals surface area (Å²) in [4.78, 5) is 22.4. The van der Waals surface area contributed by atoms with E-state index in [9.17, 15) is 23.4 Å². The molecule has 0 spiro atoms. The van der Waals surface area contributed by atoms with Gasteiger partial charge in [0, 0.05) is 12.1 Å². The quantitative estimate of drug-likeness (QED) is 0.413. The van der Waals surface area contributed by atoms with E-state index in [0.717, 1.165) is 17.5 Å². The summed E-state index contributed by atoms with van der Waals surface area (Å²) in [6.07, 6.45) is 0.105. The number of sulfonamides is 1. The molecular weight excluding hydrogens is 446 g/mol. The van der Waals surface area contributed by atoms with E-state index in [1.165, 1.54) is 30.3 Å². The van der Waals surface area contributed by atoms with Gasteiger partial charge < -0.3 is 14.6 Å². The summed E-state index contributed by atoms with van der Waals surface area (Å²) in [6.45, 7) is 5.47. The molecule has 0 aliphatic carbocycles. The first-order chi connectivity index (χ1) is 15.5. The number of nitrogens with two attached hydrogens (primary N) is 1. The summed E-state index contributed by atoms with van der Waals surface area (Å²) < 4.78 is 29.2. The number of phenols is 2. The van der Waals surface area contributed by atoms with Gasteiger partial charge in [0.05, 0.1) is 39.7 Å². The molecule has 0 radical (unpaired) electrons. The van der Waals surface area contributed by atoms with Gasteiger partial charge in [-0.15, -0.1) is 0 Å². The Balaban J connectivity index is 2.00. The minimum atomic E-state index is -3.92. The van der Waals surface area contributed by atoms with Crippen molar-refractivity contribution in [1.29, 1.82) is 0 Å². The summed E-state index contributed by atoms with van der Waals surface area (Å²) in [5.41, 5.74) is 2.73. The van der Waals surface area contributed by atoms with Crippen molar-refractivity contribution in [2.45, 2.75) is 32.1 Å². The van der Waals surface area contributed by atoms with E-state index >= 15 is 0 Å². The SMILES string of the molecule is Cc1nc(C)c(Cc2oc3cc(O)cc(O)c3c(=O)c2-c2ccc(S(N)(=O)=O)cc2)nc1C. The summed E-state index contributed by atoms with van der Waals surface area (Å²) >= 11 is 0. The van der Waals surface area contributed by atoms with Gasteiger partial charge in [0.25, 0.3) is 0 Å². The van der Waals surface area contributed by atoms with Gasteiger partial charge in [0.1, 0.15) is 28.2 Å². The predicted octanol–water partition coefficient (Wildman–Crippen LogP) is 2.82. The van der Waals surface area contributed by atoms with Crippen molar-refractivity contribution in [2.75, 3.05) is 0 Å². The van der Waals surface area contributed by atoms with Crippen LogP contribution in [0, 0.1) is 20.8 Å². The lowest BCUT2D eigenvalue weighted by atomic mass is 9.99. The largest absolute Gasteiger partial charge is 0.508 e. The van der Waals surface area contributed by atoms with Crippen LogP contribution in [0.25, 0.3) is 22.1 Å². The van der Waals surface area contributed by atoms with E-state index in [4.69, 9.17) is 9.56 Å². The molecule has 0 saturated carbocycles. The Morgan fingerprint density at radius 3 is 2.24 bits per heavy atom. The van der Waals surface area contributed by atoms with E-state index in [1.807, 2.05) is 13.8 Å². The molecule has 10 heteroatoms. The lowest BCUT2D eigenvalue weighted by Gasteiger charge is -2.13. The Kier molecular flexibility index (Phi) is 5.43. The highest BCUT2D eigenvalue weighted by Gasteiger charge is 2.21. The average Bonchev–Trinajstić information content (AvgIpc) is 2.71. The van der Waals surface area contributed by atoms with Crippen LogP contribution in [0.2, 0.25) is 0 Å². The van der Waals surface area contributed by atoms with Gasteiger partial charge in [-0.2, -0.15) is 0 Å². The second kappa shape index (κ2) is 7.98. The standard InChI is InChI=1S/C23H21N3O6S/c1-11-12(2)26-17(13(3)25-11)10-20-21(14-4-6-16(7-5-14)33(24,30)31)23(29)22-18(28)8-15(27)9-19(22)32-20/h4-9,27-28H,10H2,1-3H3,(H2,24,30,31). The maximum atomic E-state index is 13.5. The molecular formula is C23H21N3O6S. The van der Waals surface area contributed by atoms with Crippen molar-refractivity contribution < 1.29 is 23.0 Å². The lowest BCUT2D eigenvalue weighted by Crippen LogP contribution is -2.13. The molecule has 33 heavy (non-hydrogen) atoms.